The molecule has 7 heteroatoms. The lowest BCUT2D eigenvalue weighted by atomic mass is 9.91. The van der Waals surface area contributed by atoms with Crippen LogP contribution in [-0.2, 0) is 17.8 Å². The number of nitrogens with zero attached hydrogens (tertiary/aromatic N) is 3. The Hall–Kier alpha value is -3.35. The first-order valence-corrected chi connectivity index (χ1v) is 11.8. The van der Waals surface area contributed by atoms with E-state index >= 15 is 0 Å². The maximum absolute atomic E-state index is 13.7. The molecule has 0 saturated heterocycles. The van der Waals surface area contributed by atoms with Crippen molar-refractivity contribution in [2.75, 3.05) is 6.54 Å². The zero-order valence-corrected chi connectivity index (χ0v) is 19.0. The second-order valence-electron chi connectivity index (χ2n) is 9.32. The van der Waals surface area contributed by atoms with E-state index in [0.717, 1.165) is 31.2 Å². The highest BCUT2D eigenvalue weighted by atomic mass is 16.3. The molecule has 1 saturated carbocycles. The number of aromatic nitrogens is 2. The van der Waals surface area contributed by atoms with Gasteiger partial charge in [-0.05, 0) is 43.9 Å². The van der Waals surface area contributed by atoms with Gasteiger partial charge in [0.15, 0.2) is 5.76 Å². The van der Waals surface area contributed by atoms with E-state index < -0.39 is 5.54 Å². The van der Waals surface area contributed by atoms with Crippen molar-refractivity contribution in [1.29, 1.82) is 0 Å². The first kappa shape index (κ1) is 21.5. The number of carbonyl (C=O) groups is 2. The first-order valence-electron chi connectivity index (χ1n) is 11.8. The molecule has 1 fully saturated rings. The molecule has 1 aliphatic carbocycles. The molecule has 0 bridgehead atoms. The molecule has 1 aliphatic heterocycles. The topological polar surface area (TPSA) is 80.4 Å². The molecule has 33 heavy (non-hydrogen) atoms. The Labute approximate surface area is 193 Å². The third kappa shape index (κ3) is 4.19. The van der Waals surface area contributed by atoms with Gasteiger partial charge in [-0.3, -0.25) is 14.3 Å². The highest BCUT2D eigenvalue weighted by Gasteiger charge is 2.48. The minimum absolute atomic E-state index is 0.100. The molecule has 0 spiro atoms. The number of carbonyl (C=O) groups excluding carboxylic acids is 2. The highest BCUT2D eigenvalue weighted by molar-refractivity contribution is 6.00. The maximum Gasteiger partial charge on any atom is 0.273 e. The summed E-state index contributed by atoms with van der Waals surface area (Å²) in [5.41, 5.74) is 1.19. The fourth-order valence-corrected chi connectivity index (χ4v) is 5.01. The lowest BCUT2D eigenvalue weighted by Crippen LogP contribution is -2.65. The van der Waals surface area contributed by atoms with Gasteiger partial charge in [-0.2, -0.15) is 5.10 Å². The molecule has 0 radical (unpaired) electrons. The van der Waals surface area contributed by atoms with Crippen LogP contribution in [0.4, 0.5) is 0 Å². The third-order valence-corrected chi connectivity index (χ3v) is 6.97. The molecule has 2 aromatic heterocycles. The van der Waals surface area contributed by atoms with Crippen LogP contribution in [0.3, 0.4) is 0 Å². The summed E-state index contributed by atoms with van der Waals surface area (Å²) in [7, 11) is 0. The molecule has 1 N–H and O–H groups in total. The lowest BCUT2D eigenvalue weighted by Gasteiger charge is -2.44. The van der Waals surface area contributed by atoms with Gasteiger partial charge in [0, 0.05) is 18.7 Å². The Morgan fingerprint density at radius 3 is 2.67 bits per heavy atom. The van der Waals surface area contributed by atoms with Crippen molar-refractivity contribution in [3.8, 4) is 11.5 Å². The number of fused-ring (bicyclic) bond motifs is 1. The predicted octanol–water partition coefficient (Wildman–Crippen LogP) is 4.05. The zero-order chi connectivity index (χ0) is 22.8. The van der Waals surface area contributed by atoms with Crippen LogP contribution >= 0.6 is 0 Å². The van der Waals surface area contributed by atoms with Crippen LogP contribution < -0.4 is 5.32 Å². The Balaban J connectivity index is 1.45. The van der Waals surface area contributed by atoms with Crippen molar-refractivity contribution >= 4 is 11.8 Å². The monoisotopic (exact) mass is 446 g/mol. The highest BCUT2D eigenvalue weighted by Crippen LogP contribution is 2.31. The fraction of sp³-hybridized carbons (Fsp3) is 0.423. The van der Waals surface area contributed by atoms with E-state index in [4.69, 9.17) is 4.42 Å². The molecule has 1 atom stereocenters. The molecule has 3 heterocycles. The molecule has 2 amide bonds. The van der Waals surface area contributed by atoms with Gasteiger partial charge in [-0.25, -0.2) is 0 Å². The average molecular weight is 447 g/mol. The number of rotatable bonds is 6. The van der Waals surface area contributed by atoms with Crippen molar-refractivity contribution in [3.63, 3.8) is 0 Å². The van der Waals surface area contributed by atoms with Gasteiger partial charge in [0.25, 0.3) is 5.91 Å². The van der Waals surface area contributed by atoms with E-state index in [9.17, 15) is 9.59 Å². The standard InChI is InChI=1S/C26H30N4O3/c1-26(25(32)27-20-11-6-3-7-12-20)18-30-22(17-21(28-30)23-13-8-16-33-23)24(31)29(26)15-14-19-9-4-2-5-10-19/h2,4-5,8-10,13,16-17,20H,3,6-7,11-12,14-15,18H2,1H3,(H,27,32)/t26-/m1/s1. The molecule has 172 valence electrons. The van der Waals surface area contributed by atoms with Crippen molar-refractivity contribution in [2.24, 2.45) is 0 Å². The predicted molar refractivity (Wildman–Crippen MR) is 125 cm³/mol. The molecule has 3 aromatic rings. The molecule has 5 rings (SSSR count). The van der Waals surface area contributed by atoms with Crippen LogP contribution in [0.2, 0.25) is 0 Å². The fourth-order valence-electron chi connectivity index (χ4n) is 5.01. The lowest BCUT2D eigenvalue weighted by molar-refractivity contribution is -0.134. The minimum atomic E-state index is -1.03. The molecule has 0 unspecified atom stereocenters. The van der Waals surface area contributed by atoms with Crippen molar-refractivity contribution in [1.82, 2.24) is 20.0 Å². The second kappa shape index (κ2) is 8.89. The Morgan fingerprint density at radius 1 is 1.15 bits per heavy atom. The number of hydrogen-bond donors (Lipinski definition) is 1. The molecule has 1 aromatic carbocycles. The van der Waals surface area contributed by atoms with E-state index in [1.165, 1.54) is 6.42 Å². The Bertz CT molecular complexity index is 1120. The Kier molecular flexibility index (Phi) is 5.79. The number of benzene rings is 1. The van der Waals surface area contributed by atoms with E-state index in [-0.39, 0.29) is 17.9 Å². The van der Waals surface area contributed by atoms with Gasteiger partial charge in [0.05, 0.1) is 12.8 Å². The normalized spacial score (nSPS) is 21.1. The summed E-state index contributed by atoms with van der Waals surface area (Å²) in [6, 6.07) is 15.6. The maximum atomic E-state index is 13.7. The van der Waals surface area contributed by atoms with Crippen molar-refractivity contribution < 1.29 is 14.0 Å². The van der Waals surface area contributed by atoms with Gasteiger partial charge >= 0.3 is 0 Å². The van der Waals surface area contributed by atoms with Crippen LogP contribution in [0, 0.1) is 0 Å². The summed E-state index contributed by atoms with van der Waals surface area (Å²) in [6.45, 7) is 2.63. The largest absolute Gasteiger partial charge is 0.463 e. The van der Waals surface area contributed by atoms with Crippen LogP contribution in [-0.4, -0.2) is 44.6 Å². The van der Waals surface area contributed by atoms with Crippen LogP contribution in [0.5, 0.6) is 0 Å². The van der Waals surface area contributed by atoms with Crippen LogP contribution in [0.25, 0.3) is 11.5 Å². The summed E-state index contributed by atoms with van der Waals surface area (Å²) in [6.07, 6.45) is 7.74. The number of nitrogens with one attached hydrogen (secondary N) is 1. The van der Waals surface area contributed by atoms with Gasteiger partial charge in [0.1, 0.15) is 16.9 Å². The third-order valence-electron chi connectivity index (χ3n) is 6.97. The second-order valence-corrected chi connectivity index (χ2v) is 9.32. The number of furan rings is 1. The van der Waals surface area contributed by atoms with E-state index in [2.05, 4.69) is 10.4 Å². The minimum Gasteiger partial charge on any atom is -0.463 e. The molecule has 2 aliphatic rings. The van der Waals surface area contributed by atoms with Gasteiger partial charge in [-0.15, -0.1) is 0 Å². The summed E-state index contributed by atoms with van der Waals surface area (Å²) in [4.78, 5) is 29.1. The summed E-state index contributed by atoms with van der Waals surface area (Å²) >= 11 is 0. The number of amides is 2. The quantitative estimate of drug-likeness (QED) is 0.620. The summed E-state index contributed by atoms with van der Waals surface area (Å²) < 4.78 is 7.15. The van der Waals surface area contributed by atoms with E-state index in [1.54, 1.807) is 28.0 Å². The Morgan fingerprint density at radius 2 is 1.94 bits per heavy atom. The SMILES string of the molecule is C[C@]1(C(=O)NC2CCCCC2)Cn2nc(-c3ccco3)cc2C(=O)N1CCc1ccccc1. The van der Waals surface area contributed by atoms with E-state index in [1.807, 2.05) is 43.3 Å². The smallest absolute Gasteiger partial charge is 0.273 e. The number of hydrogen-bond acceptors (Lipinski definition) is 4. The molecular formula is C26H30N4O3. The van der Waals surface area contributed by atoms with Gasteiger partial charge in [0.2, 0.25) is 5.91 Å². The van der Waals surface area contributed by atoms with Crippen LogP contribution in [0.15, 0.2) is 59.2 Å². The zero-order valence-electron chi connectivity index (χ0n) is 19.0. The summed E-state index contributed by atoms with van der Waals surface area (Å²) in [5.74, 6) is 0.328. The van der Waals surface area contributed by atoms with Crippen molar-refractivity contribution in [2.45, 2.75) is 63.6 Å². The summed E-state index contributed by atoms with van der Waals surface area (Å²) in [5, 5.41) is 7.87. The van der Waals surface area contributed by atoms with Crippen molar-refractivity contribution in [3.05, 3.63) is 66.1 Å². The van der Waals surface area contributed by atoms with Gasteiger partial charge < -0.3 is 14.6 Å². The average Bonchev–Trinajstić information content (AvgIpc) is 3.50. The first-order chi connectivity index (χ1) is 16.0. The van der Waals surface area contributed by atoms with E-state index in [0.29, 0.717) is 36.7 Å². The van der Waals surface area contributed by atoms with Gasteiger partial charge in [-0.1, -0.05) is 49.6 Å². The molecule has 7 nitrogen and oxygen atoms in total. The van der Waals surface area contributed by atoms with Crippen LogP contribution in [0.1, 0.15) is 55.1 Å². The molecular weight excluding hydrogens is 416 g/mol.